The molecule has 0 N–H and O–H groups in total. The van der Waals surface area contributed by atoms with Crippen molar-refractivity contribution in [1.29, 1.82) is 0 Å². The maximum absolute atomic E-state index is 13.2. The lowest BCUT2D eigenvalue weighted by Gasteiger charge is -2.38. The summed E-state index contributed by atoms with van der Waals surface area (Å²) in [6, 6.07) is 18.3. The zero-order valence-electron chi connectivity index (χ0n) is 15.2. The molecule has 1 amide bonds. The van der Waals surface area contributed by atoms with E-state index >= 15 is 0 Å². The summed E-state index contributed by atoms with van der Waals surface area (Å²) in [4.78, 5) is 22.6. The number of pyridine rings is 1. The van der Waals surface area contributed by atoms with Gasteiger partial charge in [-0.25, -0.2) is 0 Å². The normalized spacial score (nSPS) is 15.6. The zero-order chi connectivity index (χ0) is 18.5. The highest BCUT2D eigenvalue weighted by atomic mass is 32.1. The molecule has 27 heavy (non-hydrogen) atoms. The topological polar surface area (TPSA) is 36.4 Å². The van der Waals surface area contributed by atoms with Gasteiger partial charge in [0, 0.05) is 43.8 Å². The monoisotopic (exact) mass is 377 g/mol. The third-order valence-corrected chi connectivity index (χ3v) is 5.92. The maximum Gasteiger partial charge on any atom is 0.268 e. The lowest BCUT2D eigenvalue weighted by molar-refractivity contribution is 0.0962. The summed E-state index contributed by atoms with van der Waals surface area (Å²) in [6.07, 6.45) is 5.66. The van der Waals surface area contributed by atoms with Crippen molar-refractivity contribution in [2.75, 3.05) is 18.0 Å². The molecule has 3 aromatic rings. The molecule has 1 aliphatic heterocycles. The van der Waals surface area contributed by atoms with Crippen molar-refractivity contribution >= 4 is 22.9 Å². The third-order valence-electron chi connectivity index (χ3n) is 5.06. The van der Waals surface area contributed by atoms with E-state index in [-0.39, 0.29) is 11.9 Å². The minimum Gasteiger partial charge on any atom is -0.305 e. The zero-order valence-corrected chi connectivity index (χ0v) is 16.0. The lowest BCUT2D eigenvalue weighted by atomic mass is 10.0. The highest BCUT2D eigenvalue weighted by Gasteiger charge is 2.30. The Labute approximate surface area is 164 Å². The van der Waals surface area contributed by atoms with Crippen molar-refractivity contribution in [1.82, 2.24) is 9.88 Å². The Morgan fingerprint density at radius 1 is 1.04 bits per heavy atom. The second kappa shape index (κ2) is 8.46. The predicted octanol–water partition coefficient (Wildman–Crippen LogP) is 4.45. The molecule has 0 saturated carbocycles. The van der Waals surface area contributed by atoms with Crippen LogP contribution in [0, 0.1) is 0 Å². The second-order valence-electron chi connectivity index (χ2n) is 6.85. The first-order chi connectivity index (χ1) is 13.3. The van der Waals surface area contributed by atoms with Crippen LogP contribution in [-0.4, -0.2) is 34.9 Å². The summed E-state index contributed by atoms with van der Waals surface area (Å²) in [7, 11) is 0. The highest BCUT2D eigenvalue weighted by molar-refractivity contribution is 7.12. The van der Waals surface area contributed by atoms with E-state index in [1.165, 1.54) is 16.9 Å². The molecular weight excluding hydrogens is 354 g/mol. The Kier molecular flexibility index (Phi) is 5.61. The van der Waals surface area contributed by atoms with Crippen LogP contribution in [0.1, 0.15) is 28.1 Å². The van der Waals surface area contributed by atoms with E-state index in [1.807, 2.05) is 65.1 Å². The number of hydrogen-bond acceptors (Lipinski definition) is 4. The van der Waals surface area contributed by atoms with Gasteiger partial charge in [-0.3, -0.25) is 14.7 Å². The molecule has 1 aliphatic rings. The summed E-state index contributed by atoms with van der Waals surface area (Å²) in [5, 5.41) is 1.97. The number of hydrogen-bond donors (Lipinski definition) is 0. The Morgan fingerprint density at radius 3 is 2.44 bits per heavy atom. The van der Waals surface area contributed by atoms with Crippen LogP contribution < -0.4 is 4.90 Å². The van der Waals surface area contributed by atoms with E-state index in [0.29, 0.717) is 0 Å². The SMILES string of the molecule is O=C(c1cccs1)N(c1ccccc1)C1CCN(Cc2ccncc2)CC1. The number of carbonyl (C=O) groups excluding carboxylic acids is 1. The van der Waals surface area contributed by atoms with E-state index in [2.05, 4.69) is 22.0 Å². The summed E-state index contributed by atoms with van der Waals surface area (Å²) in [5.74, 6) is 0.115. The number of carbonyl (C=O) groups is 1. The number of para-hydroxylation sites is 1. The molecule has 0 spiro atoms. The third kappa shape index (κ3) is 4.26. The number of amides is 1. The Morgan fingerprint density at radius 2 is 1.78 bits per heavy atom. The summed E-state index contributed by atoms with van der Waals surface area (Å²) < 4.78 is 0. The molecule has 2 aromatic heterocycles. The Bertz CT molecular complexity index is 844. The minimum atomic E-state index is 0.115. The van der Waals surface area contributed by atoms with Gasteiger partial charge >= 0.3 is 0 Å². The summed E-state index contributed by atoms with van der Waals surface area (Å²) in [6.45, 7) is 2.93. The van der Waals surface area contributed by atoms with E-state index in [0.717, 1.165) is 43.0 Å². The smallest absolute Gasteiger partial charge is 0.268 e. The fourth-order valence-electron chi connectivity index (χ4n) is 3.68. The van der Waals surface area contributed by atoms with Crippen molar-refractivity contribution in [2.24, 2.45) is 0 Å². The number of anilines is 1. The van der Waals surface area contributed by atoms with Gasteiger partial charge in [-0.15, -0.1) is 11.3 Å². The van der Waals surface area contributed by atoms with Gasteiger partial charge in [-0.2, -0.15) is 0 Å². The van der Waals surface area contributed by atoms with Crippen LogP contribution in [0.4, 0.5) is 5.69 Å². The van der Waals surface area contributed by atoms with Crippen LogP contribution in [0.5, 0.6) is 0 Å². The molecule has 3 heterocycles. The molecule has 4 nitrogen and oxygen atoms in total. The number of benzene rings is 1. The maximum atomic E-state index is 13.2. The Hall–Kier alpha value is -2.50. The average molecular weight is 378 g/mol. The number of piperidine rings is 1. The fourth-order valence-corrected chi connectivity index (χ4v) is 4.34. The molecular formula is C22H23N3OS. The molecule has 5 heteroatoms. The number of nitrogens with zero attached hydrogens (tertiary/aromatic N) is 3. The summed E-state index contributed by atoms with van der Waals surface area (Å²) >= 11 is 1.51. The molecule has 0 bridgehead atoms. The molecule has 1 saturated heterocycles. The molecule has 1 aromatic carbocycles. The fraction of sp³-hybridized carbons (Fsp3) is 0.273. The quantitative estimate of drug-likeness (QED) is 0.659. The molecule has 0 atom stereocenters. The molecule has 0 unspecified atom stereocenters. The van der Waals surface area contributed by atoms with Gasteiger partial charge in [0.25, 0.3) is 5.91 Å². The first-order valence-corrected chi connectivity index (χ1v) is 10.2. The standard InChI is InChI=1S/C22H23N3OS/c26-22(21-7-4-16-27-21)25(19-5-2-1-3-6-19)20-10-14-24(15-11-20)17-18-8-12-23-13-9-18/h1-9,12-13,16,20H,10-11,14-15,17H2. The van der Waals surface area contributed by atoms with Crippen molar-refractivity contribution in [3.05, 3.63) is 82.8 Å². The first kappa shape index (κ1) is 17.9. The highest BCUT2D eigenvalue weighted by Crippen LogP contribution is 2.27. The number of likely N-dealkylation sites (tertiary alicyclic amines) is 1. The van der Waals surface area contributed by atoms with Gasteiger partial charge in [0.2, 0.25) is 0 Å². The van der Waals surface area contributed by atoms with Crippen LogP contribution in [0.3, 0.4) is 0 Å². The largest absolute Gasteiger partial charge is 0.305 e. The first-order valence-electron chi connectivity index (χ1n) is 9.34. The van der Waals surface area contributed by atoms with Crippen molar-refractivity contribution < 1.29 is 4.79 Å². The number of thiophene rings is 1. The van der Waals surface area contributed by atoms with Gasteiger partial charge in [0.15, 0.2) is 0 Å². The van der Waals surface area contributed by atoms with Gasteiger partial charge in [0.05, 0.1) is 4.88 Å². The van der Waals surface area contributed by atoms with Gasteiger partial charge in [-0.1, -0.05) is 24.3 Å². The van der Waals surface area contributed by atoms with Gasteiger partial charge in [0.1, 0.15) is 0 Å². The van der Waals surface area contributed by atoms with Crippen LogP contribution in [0.15, 0.2) is 72.4 Å². The van der Waals surface area contributed by atoms with Gasteiger partial charge in [-0.05, 0) is 54.1 Å². The second-order valence-corrected chi connectivity index (χ2v) is 7.80. The molecule has 0 radical (unpaired) electrons. The van der Waals surface area contributed by atoms with Gasteiger partial charge < -0.3 is 4.90 Å². The van der Waals surface area contributed by atoms with E-state index in [4.69, 9.17) is 0 Å². The van der Waals surface area contributed by atoms with Crippen molar-refractivity contribution in [3.8, 4) is 0 Å². The predicted molar refractivity (Wildman–Crippen MR) is 110 cm³/mol. The Balaban J connectivity index is 1.48. The van der Waals surface area contributed by atoms with E-state index in [1.54, 1.807) is 0 Å². The number of aromatic nitrogens is 1. The average Bonchev–Trinajstić information content (AvgIpc) is 3.26. The van der Waals surface area contributed by atoms with Crippen LogP contribution in [0.2, 0.25) is 0 Å². The molecule has 138 valence electrons. The van der Waals surface area contributed by atoms with Crippen molar-refractivity contribution in [3.63, 3.8) is 0 Å². The van der Waals surface area contributed by atoms with E-state index < -0.39 is 0 Å². The lowest BCUT2D eigenvalue weighted by Crippen LogP contribution is -2.47. The molecule has 4 rings (SSSR count). The molecule has 0 aliphatic carbocycles. The summed E-state index contributed by atoms with van der Waals surface area (Å²) in [5.41, 5.74) is 2.28. The van der Waals surface area contributed by atoms with Crippen LogP contribution in [-0.2, 0) is 6.54 Å². The van der Waals surface area contributed by atoms with Crippen LogP contribution >= 0.6 is 11.3 Å². The molecule has 1 fully saturated rings. The minimum absolute atomic E-state index is 0.115. The van der Waals surface area contributed by atoms with Crippen molar-refractivity contribution in [2.45, 2.75) is 25.4 Å². The number of rotatable bonds is 5. The van der Waals surface area contributed by atoms with Crippen LogP contribution in [0.25, 0.3) is 0 Å². The van der Waals surface area contributed by atoms with E-state index in [9.17, 15) is 4.79 Å².